The van der Waals surface area contributed by atoms with E-state index >= 15 is 0 Å². The second kappa shape index (κ2) is 22.8. The number of aryl methyl sites for hydroxylation is 2. The van der Waals surface area contributed by atoms with Gasteiger partial charge in [0.1, 0.15) is 0 Å². The van der Waals surface area contributed by atoms with Crippen LogP contribution < -0.4 is 19.7 Å². The number of pyridine rings is 1. The molecule has 1 heterocycles. The Morgan fingerprint density at radius 2 is 1.24 bits per heavy atom. The van der Waals surface area contributed by atoms with Crippen molar-refractivity contribution in [3.8, 4) is 0 Å². The van der Waals surface area contributed by atoms with Gasteiger partial charge in [0.15, 0.2) is 18.9 Å². The average molecular weight is 772 g/mol. The molecule has 54 heavy (non-hydrogen) atoms. The predicted octanol–water partition coefficient (Wildman–Crippen LogP) is 6.50. The zero-order chi connectivity index (χ0) is 38.0. The molecule has 290 valence electrons. The fourth-order valence-corrected chi connectivity index (χ4v) is 9.16. The number of nitrogens with one attached hydrogen (secondary N) is 1. The van der Waals surface area contributed by atoms with Gasteiger partial charge in [0.25, 0.3) is 0 Å². The summed E-state index contributed by atoms with van der Waals surface area (Å²) in [6.07, 6.45) is 20.3. The van der Waals surface area contributed by atoms with E-state index in [0.29, 0.717) is 26.2 Å². The van der Waals surface area contributed by atoms with Crippen molar-refractivity contribution in [2.45, 2.75) is 52.0 Å². The maximum Gasteiger partial charge on any atom is 0.172 e. The summed E-state index contributed by atoms with van der Waals surface area (Å²) in [5.41, 5.74) is 12.7. The van der Waals surface area contributed by atoms with Gasteiger partial charge < -0.3 is 35.5 Å². The van der Waals surface area contributed by atoms with Crippen LogP contribution in [0.5, 0.6) is 0 Å². The van der Waals surface area contributed by atoms with Crippen molar-refractivity contribution in [3.63, 3.8) is 0 Å². The fourth-order valence-electron chi connectivity index (χ4n) is 7.26. The number of fused-ring (bicyclic) bond motifs is 1. The Balaban J connectivity index is 1.05. The van der Waals surface area contributed by atoms with E-state index in [1.54, 1.807) is 0 Å². The van der Waals surface area contributed by atoms with Crippen LogP contribution in [0.25, 0.3) is 17.7 Å². The van der Waals surface area contributed by atoms with Crippen LogP contribution in [0.15, 0.2) is 96.0 Å². The molecule has 0 atom stereocenters. The highest BCUT2D eigenvalue weighted by molar-refractivity contribution is 8.76. The van der Waals surface area contributed by atoms with Gasteiger partial charge in [0, 0.05) is 61.5 Å². The average Bonchev–Trinajstić information content (AvgIpc) is 3.18. The van der Waals surface area contributed by atoms with Crippen LogP contribution in [0.4, 0.5) is 11.4 Å². The van der Waals surface area contributed by atoms with Gasteiger partial charge >= 0.3 is 0 Å². The van der Waals surface area contributed by atoms with Gasteiger partial charge in [-0.1, -0.05) is 63.6 Å². The summed E-state index contributed by atoms with van der Waals surface area (Å²) >= 11 is 0. The molecule has 0 aliphatic heterocycles. The monoisotopic (exact) mass is 771 g/mol. The molecule has 0 unspecified atom stereocenters. The lowest BCUT2D eigenvalue weighted by molar-refractivity contribution is -0.692. The summed E-state index contributed by atoms with van der Waals surface area (Å²) in [7, 11) is 3.86. The summed E-state index contributed by atoms with van der Waals surface area (Å²) in [6, 6.07) is 19.1. The van der Waals surface area contributed by atoms with Crippen molar-refractivity contribution in [3.05, 3.63) is 118 Å². The minimum atomic E-state index is 0.0623. The number of nitrogens with zero attached hydrogens (tertiary/aromatic N) is 3. The predicted molar refractivity (Wildman–Crippen MR) is 230 cm³/mol. The summed E-state index contributed by atoms with van der Waals surface area (Å²) < 4.78 is 2.34. The Bertz CT molecular complexity index is 1710. The van der Waals surface area contributed by atoms with E-state index in [1.165, 1.54) is 51.0 Å². The lowest BCUT2D eigenvalue weighted by Gasteiger charge is -2.23. The quantitative estimate of drug-likeness (QED) is 0.0472. The fraction of sp³-hybridized carbons (Fsp3) is 0.432. The Morgan fingerprint density at radius 3 is 1.85 bits per heavy atom. The largest absolute Gasteiger partial charge is 0.395 e. The number of aliphatic hydroxyl groups is 4. The lowest BCUT2D eigenvalue weighted by atomic mass is 9.87. The molecule has 0 saturated carbocycles. The van der Waals surface area contributed by atoms with Crippen LogP contribution in [0.3, 0.4) is 0 Å². The molecule has 3 aromatic rings. The Morgan fingerprint density at radius 1 is 0.685 bits per heavy atom. The topological polar surface area (TPSA) is 103 Å². The van der Waals surface area contributed by atoms with E-state index in [4.69, 9.17) is 0 Å². The maximum absolute atomic E-state index is 9.38. The molecule has 0 spiro atoms. The molecule has 8 nitrogen and oxygen atoms in total. The Kier molecular flexibility index (Phi) is 17.6. The van der Waals surface area contributed by atoms with Gasteiger partial charge in [-0.3, -0.25) is 0 Å². The molecule has 0 bridgehead atoms. The molecule has 0 fully saturated rings. The summed E-state index contributed by atoms with van der Waals surface area (Å²) in [6.45, 7) is 6.46. The molecule has 1 aromatic heterocycles. The first-order chi connectivity index (χ1) is 26.5. The molecule has 2 aliphatic rings. The lowest BCUT2D eigenvalue weighted by Crippen LogP contribution is -2.35. The van der Waals surface area contributed by atoms with Crippen molar-refractivity contribution >= 4 is 50.7 Å². The van der Waals surface area contributed by atoms with Crippen molar-refractivity contribution in [2.24, 2.45) is 0 Å². The number of aromatic nitrogens is 1. The number of allylic oxidation sites excluding steroid dienone is 5. The number of rotatable bonds is 21. The minimum absolute atomic E-state index is 0.0623. The van der Waals surface area contributed by atoms with Gasteiger partial charge in [0.05, 0.1) is 32.2 Å². The van der Waals surface area contributed by atoms with Crippen molar-refractivity contribution in [2.75, 3.05) is 80.5 Å². The molecular formula is C44H59N4O4S2+. The van der Waals surface area contributed by atoms with E-state index in [-0.39, 0.29) is 26.4 Å². The van der Waals surface area contributed by atoms with E-state index in [2.05, 4.69) is 108 Å². The van der Waals surface area contributed by atoms with E-state index in [1.807, 2.05) is 31.4 Å². The van der Waals surface area contributed by atoms with Crippen LogP contribution in [0.1, 0.15) is 61.3 Å². The third-order valence-corrected chi connectivity index (χ3v) is 12.4. The molecule has 5 rings (SSSR count). The molecule has 0 amide bonds. The molecular weight excluding hydrogens is 713 g/mol. The number of hydrogen-bond donors (Lipinski definition) is 5. The number of aliphatic hydroxyl groups excluding tert-OH is 4. The highest BCUT2D eigenvalue weighted by Gasteiger charge is 2.18. The standard InChI is InChI=1S/C44H59N4O4S2/c1-35-4-2-5-38(32-36-8-12-41(13-9-36)47(21-26-49)22-27-50)43(35)16-18-45-19-30-53-54-31-25-46-20-17-44-39(6-3-7-40(44)34-46)33-37-10-14-42(15-11-37)48(23-28-51)24-29-52/h8-18,20,32-34,45,49-52H,2-7,19,21-31H2,1H3/q+1. The van der Waals surface area contributed by atoms with Crippen LogP contribution in [-0.2, 0) is 13.0 Å². The van der Waals surface area contributed by atoms with Crippen LogP contribution in [-0.4, -0.2) is 91.1 Å². The van der Waals surface area contributed by atoms with Crippen molar-refractivity contribution < 1.29 is 25.0 Å². The normalized spacial score (nSPS) is 16.0. The van der Waals surface area contributed by atoms with Gasteiger partial charge in [-0.2, -0.15) is 0 Å². The number of benzene rings is 2. The smallest absolute Gasteiger partial charge is 0.172 e. The van der Waals surface area contributed by atoms with E-state index < -0.39 is 0 Å². The van der Waals surface area contributed by atoms with Crippen molar-refractivity contribution in [1.82, 2.24) is 5.32 Å². The summed E-state index contributed by atoms with van der Waals surface area (Å²) in [4.78, 5) is 4.00. The van der Waals surface area contributed by atoms with Crippen LogP contribution in [0, 0.1) is 0 Å². The molecule has 5 N–H and O–H groups in total. The second-order valence-electron chi connectivity index (χ2n) is 13.8. The highest BCUT2D eigenvalue weighted by Crippen LogP contribution is 2.33. The molecule has 0 radical (unpaired) electrons. The SMILES string of the molecule is CC1=C(C=CNCCSSCC[n+]2ccc3c(c2)CCCC3=Cc2ccc(N(CCO)CCO)cc2)C(=Cc2ccc(N(CCO)CCO)cc2)CCC1. The van der Waals surface area contributed by atoms with Gasteiger partial charge in [-0.05, 0) is 115 Å². The molecule has 2 aromatic carbocycles. The second-order valence-corrected chi connectivity index (χ2v) is 16.5. The minimum Gasteiger partial charge on any atom is -0.395 e. The van der Waals surface area contributed by atoms with Crippen molar-refractivity contribution in [1.29, 1.82) is 0 Å². The molecule has 10 heteroatoms. The Labute approximate surface area is 330 Å². The first-order valence-corrected chi connectivity index (χ1v) is 21.9. The third-order valence-electron chi connectivity index (χ3n) is 10.0. The van der Waals surface area contributed by atoms with Gasteiger partial charge in [0.2, 0.25) is 0 Å². The summed E-state index contributed by atoms with van der Waals surface area (Å²) in [5.74, 6) is 2.10. The van der Waals surface area contributed by atoms with Crippen LogP contribution >= 0.6 is 21.6 Å². The van der Waals surface area contributed by atoms with E-state index in [0.717, 1.165) is 68.1 Å². The van der Waals surface area contributed by atoms with Crippen LogP contribution in [0.2, 0.25) is 0 Å². The first kappa shape index (κ1) is 41.6. The Hall–Kier alpha value is -3.51. The number of hydrogen-bond acceptors (Lipinski definition) is 9. The maximum atomic E-state index is 9.38. The van der Waals surface area contributed by atoms with E-state index in [9.17, 15) is 20.4 Å². The zero-order valence-corrected chi connectivity index (χ0v) is 33.5. The molecule has 0 saturated heterocycles. The first-order valence-electron chi connectivity index (χ1n) is 19.4. The number of anilines is 2. The third kappa shape index (κ3) is 12.5. The van der Waals surface area contributed by atoms with Gasteiger partial charge in [-0.25, -0.2) is 4.57 Å². The highest BCUT2D eigenvalue weighted by atomic mass is 33.1. The zero-order valence-electron chi connectivity index (χ0n) is 31.8. The summed E-state index contributed by atoms with van der Waals surface area (Å²) in [5, 5.41) is 41.0. The van der Waals surface area contributed by atoms with Gasteiger partial charge in [-0.15, -0.1) is 0 Å². The molecule has 2 aliphatic carbocycles.